The van der Waals surface area contributed by atoms with Crippen molar-refractivity contribution in [1.82, 2.24) is 4.57 Å². The molecule has 0 aliphatic rings. The van der Waals surface area contributed by atoms with E-state index in [2.05, 4.69) is 41.1 Å². The summed E-state index contributed by atoms with van der Waals surface area (Å²) in [5.41, 5.74) is 3.02. The van der Waals surface area contributed by atoms with Gasteiger partial charge in [-0.15, -0.1) is 0 Å². The minimum atomic E-state index is -0.0449. The number of rotatable bonds is 5. The van der Waals surface area contributed by atoms with Crippen molar-refractivity contribution < 1.29 is 4.79 Å². The first-order chi connectivity index (χ1) is 11.6. The fourth-order valence-electron chi connectivity index (χ4n) is 2.69. The van der Waals surface area contributed by atoms with Crippen LogP contribution in [0.5, 0.6) is 0 Å². The number of carbonyl (C=O) groups is 1. The highest BCUT2D eigenvalue weighted by atomic mass is 35.5. The molecule has 2 aromatic carbocycles. The van der Waals surface area contributed by atoms with Crippen LogP contribution in [0.4, 0.5) is 5.69 Å². The molecule has 4 heteroatoms. The van der Waals surface area contributed by atoms with Crippen LogP contribution in [0.1, 0.15) is 23.6 Å². The van der Waals surface area contributed by atoms with Gasteiger partial charge in [0.2, 0.25) is 5.91 Å². The van der Waals surface area contributed by atoms with Crippen molar-refractivity contribution in [3.63, 3.8) is 0 Å². The molecular formula is C20H19ClN2O. The summed E-state index contributed by atoms with van der Waals surface area (Å²) in [5.74, 6) is -0.0449. The molecule has 0 aliphatic carbocycles. The standard InChI is InChI=1S/C20H19ClN2O/c1-15-7-9-16(10-8-15)19(23-11-2-3-12-23)14-20(24)22-18-6-4-5-17(21)13-18/h2-13,19H,14H2,1H3,(H,22,24)/t19-/m1/s1. The van der Waals surface area contributed by atoms with E-state index in [0.29, 0.717) is 17.1 Å². The Hall–Kier alpha value is -2.52. The number of aryl methyl sites for hydroxylation is 1. The molecule has 0 unspecified atom stereocenters. The van der Waals surface area contributed by atoms with Gasteiger partial charge in [-0.3, -0.25) is 4.79 Å². The van der Waals surface area contributed by atoms with Gasteiger partial charge in [-0.1, -0.05) is 47.5 Å². The lowest BCUT2D eigenvalue weighted by Crippen LogP contribution is -2.19. The van der Waals surface area contributed by atoms with Crippen LogP contribution >= 0.6 is 11.6 Å². The smallest absolute Gasteiger partial charge is 0.226 e. The summed E-state index contributed by atoms with van der Waals surface area (Å²) in [6.07, 6.45) is 4.32. The second-order valence-electron chi connectivity index (χ2n) is 5.82. The van der Waals surface area contributed by atoms with E-state index in [-0.39, 0.29) is 11.9 Å². The summed E-state index contributed by atoms with van der Waals surface area (Å²) in [7, 11) is 0. The van der Waals surface area contributed by atoms with Crippen LogP contribution in [0.25, 0.3) is 0 Å². The molecule has 24 heavy (non-hydrogen) atoms. The van der Waals surface area contributed by atoms with Gasteiger partial charge < -0.3 is 9.88 Å². The second kappa shape index (κ2) is 7.37. The predicted octanol–water partition coefficient (Wildman–Crippen LogP) is 5.07. The van der Waals surface area contributed by atoms with Gasteiger partial charge in [-0.05, 0) is 42.8 Å². The van der Waals surface area contributed by atoms with Gasteiger partial charge in [0, 0.05) is 23.1 Å². The molecule has 122 valence electrons. The Morgan fingerprint density at radius 1 is 1.08 bits per heavy atom. The summed E-state index contributed by atoms with van der Waals surface area (Å²) in [6, 6.07) is 19.4. The van der Waals surface area contributed by atoms with Gasteiger partial charge in [-0.2, -0.15) is 0 Å². The molecule has 3 aromatic rings. The van der Waals surface area contributed by atoms with E-state index in [1.54, 1.807) is 12.1 Å². The first-order valence-corrected chi connectivity index (χ1v) is 8.24. The SMILES string of the molecule is Cc1ccc([C@@H](CC(=O)Nc2cccc(Cl)c2)n2cccc2)cc1. The van der Waals surface area contributed by atoms with Crippen LogP contribution in [0.15, 0.2) is 73.1 Å². The molecule has 1 amide bonds. The number of hydrogen-bond donors (Lipinski definition) is 1. The number of nitrogens with one attached hydrogen (secondary N) is 1. The minimum absolute atomic E-state index is 0.0419. The molecule has 3 nitrogen and oxygen atoms in total. The van der Waals surface area contributed by atoms with Crippen LogP contribution in [-0.2, 0) is 4.79 Å². The Bertz CT molecular complexity index is 810. The average molecular weight is 339 g/mol. The number of anilines is 1. The van der Waals surface area contributed by atoms with Crippen LogP contribution < -0.4 is 5.32 Å². The van der Waals surface area contributed by atoms with Gasteiger partial charge in [0.1, 0.15) is 0 Å². The van der Waals surface area contributed by atoms with E-state index in [0.717, 1.165) is 5.56 Å². The third kappa shape index (κ3) is 4.06. The zero-order chi connectivity index (χ0) is 16.9. The van der Waals surface area contributed by atoms with Crippen LogP contribution in [0.2, 0.25) is 5.02 Å². The first kappa shape index (κ1) is 16.3. The fraction of sp³-hybridized carbons (Fsp3) is 0.150. The summed E-state index contributed by atoms with van der Waals surface area (Å²) < 4.78 is 2.06. The summed E-state index contributed by atoms with van der Waals surface area (Å²) >= 11 is 5.97. The van der Waals surface area contributed by atoms with Crippen molar-refractivity contribution in [3.05, 3.63) is 89.2 Å². The Balaban J connectivity index is 1.79. The molecule has 0 radical (unpaired) electrons. The number of hydrogen-bond acceptors (Lipinski definition) is 1. The number of aromatic nitrogens is 1. The normalized spacial score (nSPS) is 11.9. The number of carbonyl (C=O) groups excluding carboxylic acids is 1. The number of benzene rings is 2. The second-order valence-corrected chi connectivity index (χ2v) is 6.26. The van der Waals surface area contributed by atoms with Gasteiger partial charge in [-0.25, -0.2) is 0 Å². The fourth-order valence-corrected chi connectivity index (χ4v) is 2.88. The molecule has 1 atom stereocenters. The number of amides is 1. The topological polar surface area (TPSA) is 34.0 Å². The third-order valence-electron chi connectivity index (χ3n) is 3.94. The first-order valence-electron chi connectivity index (χ1n) is 7.86. The highest BCUT2D eigenvalue weighted by molar-refractivity contribution is 6.30. The molecule has 1 N–H and O–H groups in total. The summed E-state index contributed by atoms with van der Waals surface area (Å²) in [6.45, 7) is 2.06. The van der Waals surface area contributed by atoms with Crippen LogP contribution in [0.3, 0.4) is 0 Å². The molecule has 1 aromatic heterocycles. The lowest BCUT2D eigenvalue weighted by molar-refractivity contribution is -0.116. The highest BCUT2D eigenvalue weighted by Crippen LogP contribution is 2.24. The molecule has 0 bridgehead atoms. The van der Waals surface area contributed by atoms with Gasteiger partial charge >= 0.3 is 0 Å². The van der Waals surface area contributed by atoms with E-state index in [1.165, 1.54) is 5.56 Å². The average Bonchev–Trinajstić information content (AvgIpc) is 3.08. The zero-order valence-corrected chi connectivity index (χ0v) is 14.2. The van der Waals surface area contributed by atoms with Crippen molar-refractivity contribution >= 4 is 23.2 Å². The quantitative estimate of drug-likeness (QED) is 0.692. The highest BCUT2D eigenvalue weighted by Gasteiger charge is 2.17. The Kier molecular flexibility index (Phi) is 5.02. The van der Waals surface area contributed by atoms with E-state index >= 15 is 0 Å². The zero-order valence-electron chi connectivity index (χ0n) is 13.4. The largest absolute Gasteiger partial charge is 0.346 e. The maximum Gasteiger partial charge on any atom is 0.226 e. The molecule has 0 spiro atoms. The van der Waals surface area contributed by atoms with Crippen molar-refractivity contribution in [3.8, 4) is 0 Å². The third-order valence-corrected chi connectivity index (χ3v) is 4.17. The maximum absolute atomic E-state index is 12.5. The predicted molar refractivity (Wildman–Crippen MR) is 98.4 cm³/mol. The molecule has 0 aliphatic heterocycles. The minimum Gasteiger partial charge on any atom is -0.346 e. The molecule has 0 saturated heterocycles. The van der Waals surface area contributed by atoms with Crippen molar-refractivity contribution in [2.75, 3.05) is 5.32 Å². The lowest BCUT2D eigenvalue weighted by atomic mass is 10.0. The number of nitrogens with zero attached hydrogens (tertiary/aromatic N) is 1. The van der Waals surface area contributed by atoms with E-state index < -0.39 is 0 Å². The Morgan fingerprint density at radius 2 is 1.79 bits per heavy atom. The lowest BCUT2D eigenvalue weighted by Gasteiger charge is -2.19. The van der Waals surface area contributed by atoms with Crippen LogP contribution in [0, 0.1) is 6.92 Å². The van der Waals surface area contributed by atoms with Gasteiger partial charge in [0.15, 0.2) is 0 Å². The Morgan fingerprint density at radius 3 is 2.46 bits per heavy atom. The van der Waals surface area contributed by atoms with Crippen LogP contribution in [-0.4, -0.2) is 10.5 Å². The van der Waals surface area contributed by atoms with Crippen molar-refractivity contribution in [2.45, 2.75) is 19.4 Å². The molecule has 0 fully saturated rings. The summed E-state index contributed by atoms with van der Waals surface area (Å²) in [4.78, 5) is 12.5. The molecule has 1 heterocycles. The van der Waals surface area contributed by atoms with E-state index in [1.807, 2.05) is 36.7 Å². The Labute approximate surface area is 146 Å². The molecule has 0 saturated carbocycles. The van der Waals surface area contributed by atoms with Gasteiger partial charge in [0.25, 0.3) is 0 Å². The van der Waals surface area contributed by atoms with E-state index in [4.69, 9.17) is 11.6 Å². The molecule has 3 rings (SSSR count). The maximum atomic E-state index is 12.5. The monoisotopic (exact) mass is 338 g/mol. The van der Waals surface area contributed by atoms with Crippen molar-refractivity contribution in [2.24, 2.45) is 0 Å². The van der Waals surface area contributed by atoms with E-state index in [9.17, 15) is 4.79 Å². The molecular weight excluding hydrogens is 320 g/mol. The number of halogens is 1. The summed E-state index contributed by atoms with van der Waals surface area (Å²) in [5, 5.41) is 3.52. The van der Waals surface area contributed by atoms with Crippen molar-refractivity contribution in [1.29, 1.82) is 0 Å². The van der Waals surface area contributed by atoms with Gasteiger partial charge in [0.05, 0.1) is 12.5 Å².